The Hall–Kier alpha value is -6.12. The molecule has 0 atom stereocenters. The van der Waals surface area contributed by atoms with Crippen LogP contribution in [0.1, 0.15) is 25.0 Å². The maximum Gasteiger partial charge on any atom is 0.160 e. The van der Waals surface area contributed by atoms with Gasteiger partial charge in [-0.3, -0.25) is 0 Å². The normalized spacial score (nSPS) is 12.9. The third-order valence-corrected chi connectivity index (χ3v) is 10.1. The van der Waals surface area contributed by atoms with Crippen molar-refractivity contribution in [2.45, 2.75) is 19.3 Å². The standard InChI is InChI=1S/C47H34N2/c1-47(2)42-18-9-8-15-40(42)41-17-10-16-39(45(41)47)34-22-26-36(27-23-34)44-30-43(35-24-19-33(20-25-35)31-11-4-3-5-12-31)48-46(49-44)38-28-21-32-13-6-7-14-37(32)29-38/h3-30H,1-2H3. The molecule has 49 heavy (non-hydrogen) atoms. The maximum absolute atomic E-state index is 5.17. The van der Waals surface area contributed by atoms with Crippen molar-refractivity contribution in [1.82, 2.24) is 9.97 Å². The third-order valence-electron chi connectivity index (χ3n) is 10.1. The van der Waals surface area contributed by atoms with Crippen LogP contribution < -0.4 is 0 Å². The second-order valence-corrected chi connectivity index (χ2v) is 13.4. The van der Waals surface area contributed by atoms with Crippen LogP contribution in [0.25, 0.3) is 78.1 Å². The molecule has 0 amide bonds. The van der Waals surface area contributed by atoms with Crippen LogP contribution in [0.15, 0.2) is 170 Å². The lowest BCUT2D eigenvalue weighted by atomic mass is 9.79. The lowest BCUT2D eigenvalue weighted by molar-refractivity contribution is 0.662. The summed E-state index contributed by atoms with van der Waals surface area (Å²) in [6.45, 7) is 4.69. The number of hydrogen-bond acceptors (Lipinski definition) is 2. The summed E-state index contributed by atoms with van der Waals surface area (Å²) < 4.78 is 0. The fourth-order valence-electron chi connectivity index (χ4n) is 7.57. The van der Waals surface area contributed by atoms with E-state index in [9.17, 15) is 0 Å². The average Bonchev–Trinajstić information content (AvgIpc) is 3.41. The quantitative estimate of drug-likeness (QED) is 0.190. The Morgan fingerprint density at radius 3 is 1.63 bits per heavy atom. The number of rotatable bonds is 5. The van der Waals surface area contributed by atoms with Crippen molar-refractivity contribution in [2.75, 3.05) is 0 Å². The van der Waals surface area contributed by atoms with E-state index in [1.54, 1.807) is 0 Å². The molecule has 0 unspecified atom stereocenters. The van der Waals surface area contributed by atoms with Crippen molar-refractivity contribution >= 4 is 10.8 Å². The van der Waals surface area contributed by atoms with Gasteiger partial charge in [0.05, 0.1) is 11.4 Å². The van der Waals surface area contributed by atoms with Gasteiger partial charge in [0, 0.05) is 22.1 Å². The zero-order valence-electron chi connectivity index (χ0n) is 27.6. The third kappa shape index (κ3) is 5.05. The van der Waals surface area contributed by atoms with Gasteiger partial charge in [-0.1, -0.05) is 172 Å². The van der Waals surface area contributed by atoms with Crippen LogP contribution in [-0.4, -0.2) is 9.97 Å². The van der Waals surface area contributed by atoms with Gasteiger partial charge in [-0.05, 0) is 67.4 Å². The van der Waals surface area contributed by atoms with Crippen LogP contribution in [0.5, 0.6) is 0 Å². The number of nitrogens with zero attached hydrogens (tertiary/aromatic N) is 2. The summed E-state index contributed by atoms with van der Waals surface area (Å²) in [5.41, 5.74) is 15.2. The lowest BCUT2D eigenvalue weighted by Gasteiger charge is -2.24. The van der Waals surface area contributed by atoms with Crippen LogP contribution in [-0.2, 0) is 5.41 Å². The molecule has 0 fully saturated rings. The van der Waals surface area contributed by atoms with Gasteiger partial charge in [-0.2, -0.15) is 0 Å². The van der Waals surface area contributed by atoms with Crippen molar-refractivity contribution in [1.29, 1.82) is 0 Å². The molecule has 0 saturated heterocycles. The maximum atomic E-state index is 5.17. The molecule has 0 aliphatic heterocycles. The predicted octanol–water partition coefficient (Wildman–Crippen LogP) is 12.3. The lowest BCUT2D eigenvalue weighted by Crippen LogP contribution is -2.16. The molecule has 1 aliphatic rings. The van der Waals surface area contributed by atoms with E-state index in [1.807, 2.05) is 6.07 Å². The summed E-state index contributed by atoms with van der Waals surface area (Å²) in [7, 11) is 0. The highest BCUT2D eigenvalue weighted by molar-refractivity contribution is 5.89. The Morgan fingerprint density at radius 1 is 0.367 bits per heavy atom. The van der Waals surface area contributed by atoms with E-state index >= 15 is 0 Å². The van der Waals surface area contributed by atoms with Gasteiger partial charge in [-0.25, -0.2) is 9.97 Å². The largest absolute Gasteiger partial charge is 0.228 e. The molecule has 0 saturated carbocycles. The van der Waals surface area contributed by atoms with E-state index in [-0.39, 0.29) is 5.41 Å². The van der Waals surface area contributed by atoms with Gasteiger partial charge < -0.3 is 0 Å². The number of aromatic nitrogens is 2. The summed E-state index contributed by atoms with van der Waals surface area (Å²) in [6.07, 6.45) is 0. The molecule has 0 bridgehead atoms. The Morgan fingerprint density at radius 2 is 0.898 bits per heavy atom. The fraction of sp³-hybridized carbons (Fsp3) is 0.0638. The molecule has 1 aromatic heterocycles. The number of benzene rings is 7. The molecule has 0 spiro atoms. The van der Waals surface area contributed by atoms with Gasteiger partial charge in [0.15, 0.2) is 5.82 Å². The zero-order chi connectivity index (χ0) is 33.0. The first-order valence-corrected chi connectivity index (χ1v) is 16.9. The van der Waals surface area contributed by atoms with E-state index < -0.39 is 0 Å². The Bertz CT molecular complexity index is 2490. The van der Waals surface area contributed by atoms with Gasteiger partial charge in [0.2, 0.25) is 0 Å². The summed E-state index contributed by atoms with van der Waals surface area (Å²) >= 11 is 0. The van der Waals surface area contributed by atoms with Crippen molar-refractivity contribution in [3.05, 3.63) is 181 Å². The molecule has 9 rings (SSSR count). The molecule has 2 nitrogen and oxygen atoms in total. The van der Waals surface area contributed by atoms with E-state index in [1.165, 1.54) is 55.3 Å². The van der Waals surface area contributed by atoms with Crippen molar-refractivity contribution in [3.63, 3.8) is 0 Å². The summed E-state index contributed by atoms with van der Waals surface area (Å²) in [4.78, 5) is 10.3. The molecule has 0 radical (unpaired) electrons. The highest BCUT2D eigenvalue weighted by Gasteiger charge is 2.37. The first kappa shape index (κ1) is 29.1. The summed E-state index contributed by atoms with van der Waals surface area (Å²) in [5.74, 6) is 0.717. The van der Waals surface area contributed by atoms with E-state index in [0.29, 0.717) is 0 Å². The summed E-state index contributed by atoms with van der Waals surface area (Å²) in [5, 5.41) is 2.38. The Kier molecular flexibility index (Phi) is 6.84. The van der Waals surface area contributed by atoms with E-state index in [0.717, 1.165) is 33.9 Å². The van der Waals surface area contributed by atoms with Gasteiger partial charge >= 0.3 is 0 Å². The van der Waals surface area contributed by atoms with Crippen LogP contribution >= 0.6 is 0 Å². The molecule has 8 aromatic rings. The molecule has 232 valence electrons. The first-order valence-electron chi connectivity index (χ1n) is 16.9. The highest BCUT2D eigenvalue weighted by atomic mass is 14.9. The minimum Gasteiger partial charge on any atom is -0.228 e. The Balaban J connectivity index is 1.14. The monoisotopic (exact) mass is 626 g/mol. The molecule has 0 N–H and O–H groups in total. The first-order chi connectivity index (χ1) is 24.0. The topological polar surface area (TPSA) is 25.8 Å². The second kappa shape index (κ2) is 11.5. The molecule has 7 aromatic carbocycles. The van der Waals surface area contributed by atoms with Crippen LogP contribution in [0, 0.1) is 0 Å². The van der Waals surface area contributed by atoms with Crippen molar-refractivity contribution < 1.29 is 0 Å². The average molecular weight is 627 g/mol. The van der Waals surface area contributed by atoms with Crippen LogP contribution in [0.2, 0.25) is 0 Å². The van der Waals surface area contributed by atoms with Crippen molar-refractivity contribution in [3.8, 4) is 67.3 Å². The minimum atomic E-state index is -0.0758. The van der Waals surface area contributed by atoms with Crippen molar-refractivity contribution in [2.24, 2.45) is 0 Å². The smallest absolute Gasteiger partial charge is 0.160 e. The highest BCUT2D eigenvalue weighted by Crippen LogP contribution is 2.52. The predicted molar refractivity (Wildman–Crippen MR) is 204 cm³/mol. The molecule has 1 heterocycles. The second-order valence-electron chi connectivity index (χ2n) is 13.4. The molecular weight excluding hydrogens is 593 g/mol. The molecular formula is C47H34N2. The van der Waals surface area contributed by atoms with Crippen LogP contribution in [0.4, 0.5) is 0 Å². The van der Waals surface area contributed by atoms with E-state index in [4.69, 9.17) is 9.97 Å². The fourth-order valence-corrected chi connectivity index (χ4v) is 7.57. The van der Waals surface area contributed by atoms with Gasteiger partial charge in [-0.15, -0.1) is 0 Å². The Labute approximate surface area is 287 Å². The molecule has 1 aliphatic carbocycles. The molecule has 2 heteroatoms. The van der Waals surface area contributed by atoms with Gasteiger partial charge in [0.1, 0.15) is 0 Å². The van der Waals surface area contributed by atoms with Crippen LogP contribution in [0.3, 0.4) is 0 Å². The van der Waals surface area contributed by atoms with E-state index in [2.05, 4.69) is 178 Å². The number of fused-ring (bicyclic) bond motifs is 4. The zero-order valence-corrected chi connectivity index (χ0v) is 27.6. The summed E-state index contributed by atoms with van der Waals surface area (Å²) in [6, 6.07) is 60.6. The number of hydrogen-bond donors (Lipinski definition) is 0. The van der Waals surface area contributed by atoms with Gasteiger partial charge in [0.25, 0.3) is 0 Å². The minimum absolute atomic E-state index is 0.0758. The SMILES string of the molecule is CC1(C)c2ccccc2-c2cccc(-c3ccc(-c4cc(-c5ccc(-c6ccccc6)cc5)nc(-c5ccc6ccccc6c5)n4)cc3)c21.